The van der Waals surface area contributed by atoms with Gasteiger partial charge in [-0.15, -0.1) is 0 Å². The van der Waals surface area contributed by atoms with Crippen LogP contribution in [-0.4, -0.2) is 51.1 Å². The topological polar surface area (TPSA) is 100 Å². The van der Waals surface area contributed by atoms with Crippen molar-refractivity contribution < 1.29 is 23.8 Å². The van der Waals surface area contributed by atoms with Crippen LogP contribution >= 0.6 is 11.6 Å². The Labute approximate surface area is 169 Å². The molecule has 0 saturated heterocycles. The molecule has 0 amide bonds. The molecule has 152 valence electrons. The van der Waals surface area contributed by atoms with Gasteiger partial charge in [-0.3, -0.25) is 9.79 Å². The number of halogens is 1. The molecule has 2 rings (SSSR count). The molecule has 0 aromatic heterocycles. The molecule has 2 atom stereocenters. The van der Waals surface area contributed by atoms with Crippen molar-refractivity contribution in [2.75, 3.05) is 33.5 Å². The molecule has 0 saturated carbocycles. The van der Waals surface area contributed by atoms with Gasteiger partial charge in [-0.2, -0.15) is 0 Å². The Morgan fingerprint density at radius 2 is 2.00 bits per heavy atom. The maximum absolute atomic E-state index is 12.9. The second-order valence-corrected chi connectivity index (χ2v) is 6.57. The van der Waals surface area contributed by atoms with Gasteiger partial charge in [-0.1, -0.05) is 29.8 Å². The van der Waals surface area contributed by atoms with E-state index in [9.17, 15) is 9.59 Å². The summed E-state index contributed by atoms with van der Waals surface area (Å²) in [6.45, 7) is 4.35. The fourth-order valence-corrected chi connectivity index (χ4v) is 3.52. The highest BCUT2D eigenvalue weighted by Gasteiger charge is 2.44. The summed E-state index contributed by atoms with van der Waals surface area (Å²) in [5.41, 5.74) is 7.29. The van der Waals surface area contributed by atoms with E-state index >= 15 is 0 Å². The number of methoxy groups -OCH3 is 1. The van der Waals surface area contributed by atoms with E-state index in [0.717, 1.165) is 0 Å². The van der Waals surface area contributed by atoms with Gasteiger partial charge in [-0.25, -0.2) is 4.79 Å². The largest absolute Gasteiger partial charge is 0.466 e. The average Bonchev–Trinajstić information content (AvgIpc) is 2.67. The Hall–Kier alpha value is -2.22. The fourth-order valence-electron chi connectivity index (χ4n) is 3.26. The first kappa shape index (κ1) is 22.1. The van der Waals surface area contributed by atoms with Gasteiger partial charge in [-0.05, 0) is 25.5 Å². The molecule has 0 radical (unpaired) electrons. The number of hydrogen-bond donors (Lipinski definition) is 1. The number of rotatable bonds is 8. The number of benzene rings is 1. The normalized spacial score (nSPS) is 19.2. The average molecular weight is 409 g/mol. The smallest absolute Gasteiger partial charge is 0.336 e. The van der Waals surface area contributed by atoms with Crippen LogP contribution in [0.15, 0.2) is 40.5 Å². The van der Waals surface area contributed by atoms with Crippen molar-refractivity contribution in [3.63, 3.8) is 0 Å². The van der Waals surface area contributed by atoms with Crippen LogP contribution in [0.25, 0.3) is 0 Å². The summed E-state index contributed by atoms with van der Waals surface area (Å²) < 4.78 is 15.8. The number of aliphatic imine (C=N–C) groups is 1. The summed E-state index contributed by atoms with van der Waals surface area (Å²) in [5.74, 6) is -2.64. The first-order valence-electron chi connectivity index (χ1n) is 9.01. The fraction of sp³-hybridized carbons (Fsp3) is 0.450. The van der Waals surface area contributed by atoms with Crippen LogP contribution in [0.1, 0.15) is 25.3 Å². The van der Waals surface area contributed by atoms with Crippen LogP contribution in [0.5, 0.6) is 0 Å². The molecule has 7 nitrogen and oxygen atoms in total. The maximum atomic E-state index is 12.9. The van der Waals surface area contributed by atoms with E-state index in [1.807, 2.05) is 0 Å². The lowest BCUT2D eigenvalue weighted by Gasteiger charge is -2.32. The molecule has 1 aromatic carbocycles. The third-order valence-electron chi connectivity index (χ3n) is 4.40. The summed E-state index contributed by atoms with van der Waals surface area (Å²) in [6, 6.07) is 7.06. The van der Waals surface area contributed by atoms with Gasteiger partial charge in [0.15, 0.2) is 0 Å². The van der Waals surface area contributed by atoms with E-state index in [1.165, 1.54) is 7.11 Å². The summed E-state index contributed by atoms with van der Waals surface area (Å²) in [7, 11) is 1.29. The highest BCUT2D eigenvalue weighted by atomic mass is 35.5. The van der Waals surface area contributed by atoms with E-state index in [0.29, 0.717) is 35.1 Å². The molecule has 1 unspecified atom stereocenters. The lowest BCUT2D eigenvalue weighted by Crippen LogP contribution is -2.39. The van der Waals surface area contributed by atoms with Gasteiger partial charge in [0.1, 0.15) is 5.92 Å². The van der Waals surface area contributed by atoms with E-state index in [4.69, 9.17) is 31.5 Å². The second kappa shape index (κ2) is 10.4. The number of carbonyl (C=O) groups is 2. The molecule has 0 bridgehead atoms. The quantitative estimate of drug-likeness (QED) is 0.524. The van der Waals surface area contributed by atoms with Crippen LogP contribution in [0.4, 0.5) is 0 Å². The predicted molar refractivity (Wildman–Crippen MR) is 106 cm³/mol. The third-order valence-corrected chi connectivity index (χ3v) is 4.75. The third kappa shape index (κ3) is 4.79. The Balaban J connectivity index is 2.64. The van der Waals surface area contributed by atoms with E-state index in [2.05, 4.69) is 4.99 Å². The monoisotopic (exact) mass is 408 g/mol. The van der Waals surface area contributed by atoms with Crippen LogP contribution in [0.2, 0.25) is 5.02 Å². The summed E-state index contributed by atoms with van der Waals surface area (Å²) in [6.07, 6.45) is 0. The summed E-state index contributed by atoms with van der Waals surface area (Å²) in [5, 5.41) is 0.431. The highest BCUT2D eigenvalue weighted by Crippen LogP contribution is 2.42. The molecular formula is C20H25ClN2O5. The molecule has 1 aliphatic heterocycles. The first-order valence-corrected chi connectivity index (χ1v) is 9.39. The molecule has 1 aromatic rings. The van der Waals surface area contributed by atoms with Crippen LogP contribution < -0.4 is 5.73 Å². The highest BCUT2D eigenvalue weighted by molar-refractivity contribution is 6.31. The number of carbonyl (C=O) groups excluding carboxylic acids is 2. The number of hydrogen-bond acceptors (Lipinski definition) is 7. The summed E-state index contributed by atoms with van der Waals surface area (Å²) in [4.78, 5) is 30.0. The van der Waals surface area contributed by atoms with Gasteiger partial charge in [0, 0.05) is 23.2 Å². The van der Waals surface area contributed by atoms with Crippen LogP contribution in [-0.2, 0) is 23.8 Å². The molecule has 0 aliphatic carbocycles. The van der Waals surface area contributed by atoms with Gasteiger partial charge in [0.05, 0.1) is 38.2 Å². The molecule has 1 aliphatic rings. The van der Waals surface area contributed by atoms with Crippen molar-refractivity contribution in [1.82, 2.24) is 0 Å². The van der Waals surface area contributed by atoms with E-state index < -0.39 is 23.8 Å². The number of allylic oxidation sites excluding steroid dienone is 1. The Kier molecular flexibility index (Phi) is 8.17. The Morgan fingerprint density at radius 3 is 2.61 bits per heavy atom. The lowest BCUT2D eigenvalue weighted by molar-refractivity contribution is -0.146. The first-order chi connectivity index (χ1) is 13.5. The molecule has 1 heterocycles. The maximum Gasteiger partial charge on any atom is 0.336 e. The summed E-state index contributed by atoms with van der Waals surface area (Å²) >= 11 is 6.43. The zero-order chi connectivity index (χ0) is 20.7. The van der Waals surface area contributed by atoms with Crippen molar-refractivity contribution in [3.8, 4) is 0 Å². The minimum atomic E-state index is -0.865. The van der Waals surface area contributed by atoms with Crippen molar-refractivity contribution >= 4 is 29.3 Å². The minimum Gasteiger partial charge on any atom is -0.466 e. The molecule has 0 fully saturated rings. The van der Waals surface area contributed by atoms with Gasteiger partial charge < -0.3 is 19.9 Å². The number of ether oxygens (including phenoxy) is 3. The molecule has 28 heavy (non-hydrogen) atoms. The standard InChI is InChI=1S/C20H25ClN2O5/c1-4-28-20(25)18-15(11-27-10-9-22)23-12(2)16(19(24)26-3)17(18)13-7-5-6-8-14(13)21/h5-8,17-18H,4,9-11,22H2,1-3H3/t17-,18?/m0/s1. The molecule has 8 heteroatoms. The minimum absolute atomic E-state index is 0.0907. The zero-order valence-corrected chi connectivity index (χ0v) is 17.0. The Morgan fingerprint density at radius 1 is 1.29 bits per heavy atom. The molecular weight excluding hydrogens is 384 g/mol. The van der Waals surface area contributed by atoms with Crippen molar-refractivity contribution in [3.05, 3.63) is 46.1 Å². The second-order valence-electron chi connectivity index (χ2n) is 6.16. The van der Waals surface area contributed by atoms with Crippen molar-refractivity contribution in [2.24, 2.45) is 16.6 Å². The zero-order valence-electron chi connectivity index (χ0n) is 16.2. The van der Waals surface area contributed by atoms with Crippen LogP contribution in [0, 0.1) is 5.92 Å². The van der Waals surface area contributed by atoms with Gasteiger partial charge >= 0.3 is 11.9 Å². The number of nitrogens with two attached hydrogens (primary N) is 1. The molecule has 0 spiro atoms. The lowest BCUT2D eigenvalue weighted by atomic mass is 9.75. The van der Waals surface area contributed by atoms with Gasteiger partial charge in [0.25, 0.3) is 0 Å². The van der Waals surface area contributed by atoms with Crippen molar-refractivity contribution in [1.29, 1.82) is 0 Å². The number of esters is 2. The Bertz CT molecular complexity index is 791. The van der Waals surface area contributed by atoms with E-state index in [-0.39, 0.29) is 18.8 Å². The van der Waals surface area contributed by atoms with Crippen molar-refractivity contribution in [2.45, 2.75) is 19.8 Å². The predicted octanol–water partition coefficient (Wildman–Crippen LogP) is 2.48. The SMILES string of the molecule is CCOC(=O)C1C(COCCN)=NC(C)=C(C(=O)OC)[C@@H]1c1ccccc1Cl. The van der Waals surface area contributed by atoms with Crippen LogP contribution in [0.3, 0.4) is 0 Å². The van der Waals surface area contributed by atoms with Gasteiger partial charge in [0.2, 0.25) is 0 Å². The number of nitrogens with zero attached hydrogens (tertiary/aromatic N) is 1. The van der Waals surface area contributed by atoms with E-state index in [1.54, 1.807) is 38.1 Å². The molecule has 2 N–H and O–H groups in total.